The first-order chi connectivity index (χ1) is 10.1. The molecule has 2 aromatic carbocycles. The summed E-state index contributed by atoms with van der Waals surface area (Å²) >= 11 is 5.93. The van der Waals surface area contributed by atoms with Crippen LogP contribution in [0, 0.1) is 11.6 Å². The average molecular weight is 312 g/mol. The quantitative estimate of drug-likeness (QED) is 0.858. The van der Waals surface area contributed by atoms with Gasteiger partial charge in [-0.1, -0.05) is 36.7 Å². The third-order valence-electron chi connectivity index (χ3n) is 3.00. The van der Waals surface area contributed by atoms with Crippen molar-refractivity contribution in [3.63, 3.8) is 0 Å². The summed E-state index contributed by atoms with van der Waals surface area (Å²) in [5.41, 5.74) is 1.34. The Morgan fingerprint density at radius 3 is 2.67 bits per heavy atom. The van der Waals surface area contributed by atoms with Crippen LogP contribution >= 0.6 is 11.6 Å². The molecule has 0 amide bonds. The molecule has 0 unspecified atom stereocenters. The van der Waals surface area contributed by atoms with Gasteiger partial charge in [0, 0.05) is 17.7 Å². The van der Waals surface area contributed by atoms with Crippen LogP contribution in [0.25, 0.3) is 0 Å². The summed E-state index contributed by atoms with van der Waals surface area (Å²) in [7, 11) is 0. The molecule has 0 saturated heterocycles. The van der Waals surface area contributed by atoms with Crippen molar-refractivity contribution in [1.82, 2.24) is 5.32 Å². The molecular weight excluding hydrogens is 296 g/mol. The van der Waals surface area contributed by atoms with Crippen molar-refractivity contribution in [2.45, 2.75) is 20.1 Å². The molecule has 112 valence electrons. The Labute approximate surface area is 127 Å². The van der Waals surface area contributed by atoms with E-state index < -0.39 is 11.6 Å². The van der Waals surface area contributed by atoms with Gasteiger partial charge in [0.15, 0.2) is 11.6 Å². The van der Waals surface area contributed by atoms with Gasteiger partial charge in [-0.05, 0) is 24.7 Å². The number of halogens is 3. The Morgan fingerprint density at radius 1 is 1.14 bits per heavy atom. The Morgan fingerprint density at radius 2 is 1.95 bits per heavy atom. The van der Waals surface area contributed by atoms with E-state index in [1.165, 1.54) is 24.3 Å². The lowest BCUT2D eigenvalue weighted by molar-refractivity contribution is 0.286. The maximum Gasteiger partial charge on any atom is 0.165 e. The van der Waals surface area contributed by atoms with Crippen LogP contribution in [0.3, 0.4) is 0 Å². The molecule has 5 heteroatoms. The minimum atomic E-state index is -0.427. The SMILES string of the molecule is CCNCc1cccc(F)c1OCc1ccc(F)cc1Cl. The number of para-hydroxylation sites is 1. The molecule has 0 bridgehead atoms. The van der Waals surface area contributed by atoms with Gasteiger partial charge in [-0.2, -0.15) is 0 Å². The van der Waals surface area contributed by atoms with Gasteiger partial charge >= 0.3 is 0 Å². The molecule has 0 atom stereocenters. The summed E-state index contributed by atoms with van der Waals surface area (Å²) in [6.07, 6.45) is 0. The van der Waals surface area contributed by atoms with Crippen molar-refractivity contribution in [3.8, 4) is 5.75 Å². The predicted molar refractivity (Wildman–Crippen MR) is 79.5 cm³/mol. The van der Waals surface area contributed by atoms with Crippen LogP contribution in [0.1, 0.15) is 18.1 Å². The molecule has 2 aromatic rings. The largest absolute Gasteiger partial charge is 0.485 e. The number of hydrogen-bond acceptors (Lipinski definition) is 2. The van der Waals surface area contributed by atoms with E-state index in [1.807, 2.05) is 6.92 Å². The van der Waals surface area contributed by atoms with Crippen LogP contribution < -0.4 is 10.1 Å². The molecule has 0 aliphatic heterocycles. The van der Waals surface area contributed by atoms with Crippen molar-refractivity contribution < 1.29 is 13.5 Å². The van der Waals surface area contributed by atoms with E-state index in [-0.39, 0.29) is 17.4 Å². The van der Waals surface area contributed by atoms with E-state index in [9.17, 15) is 8.78 Å². The zero-order valence-electron chi connectivity index (χ0n) is 11.6. The summed E-state index contributed by atoms with van der Waals surface area (Å²) in [5, 5.41) is 3.39. The highest BCUT2D eigenvalue weighted by molar-refractivity contribution is 6.31. The standard InChI is InChI=1S/C16H16ClF2NO/c1-2-20-9-11-4-3-5-15(19)16(11)21-10-12-6-7-13(18)8-14(12)17/h3-8,20H,2,9-10H2,1H3. The summed E-state index contributed by atoms with van der Waals surface area (Å²) in [5.74, 6) is -0.648. The summed E-state index contributed by atoms with van der Waals surface area (Å²) in [4.78, 5) is 0. The van der Waals surface area contributed by atoms with Crippen LogP contribution in [-0.2, 0) is 13.2 Å². The van der Waals surface area contributed by atoms with E-state index in [1.54, 1.807) is 12.1 Å². The van der Waals surface area contributed by atoms with Crippen molar-refractivity contribution in [2.75, 3.05) is 6.54 Å². The smallest absolute Gasteiger partial charge is 0.165 e. The third kappa shape index (κ3) is 4.16. The van der Waals surface area contributed by atoms with Crippen molar-refractivity contribution in [1.29, 1.82) is 0 Å². The van der Waals surface area contributed by atoms with Crippen molar-refractivity contribution in [2.24, 2.45) is 0 Å². The molecule has 0 aliphatic rings. The Bertz CT molecular complexity index is 619. The summed E-state index contributed by atoms with van der Waals surface area (Å²) in [6, 6.07) is 8.82. The van der Waals surface area contributed by atoms with Crippen LogP contribution in [0.4, 0.5) is 8.78 Å². The fraction of sp³-hybridized carbons (Fsp3) is 0.250. The van der Waals surface area contributed by atoms with Gasteiger partial charge in [0.05, 0.1) is 5.02 Å². The van der Waals surface area contributed by atoms with Crippen LogP contribution in [0.2, 0.25) is 5.02 Å². The number of rotatable bonds is 6. The van der Waals surface area contributed by atoms with Gasteiger partial charge in [0.2, 0.25) is 0 Å². The fourth-order valence-corrected chi connectivity index (χ4v) is 2.12. The van der Waals surface area contributed by atoms with Crippen molar-refractivity contribution in [3.05, 3.63) is 64.2 Å². The topological polar surface area (TPSA) is 21.3 Å². The molecule has 0 saturated carbocycles. The van der Waals surface area contributed by atoms with E-state index >= 15 is 0 Å². The van der Waals surface area contributed by atoms with Gasteiger partial charge < -0.3 is 10.1 Å². The Kier molecular flexibility index (Phi) is 5.53. The van der Waals surface area contributed by atoms with Crippen LogP contribution in [0.15, 0.2) is 36.4 Å². The molecule has 0 aliphatic carbocycles. The number of benzene rings is 2. The molecule has 0 spiro atoms. The minimum Gasteiger partial charge on any atom is -0.485 e. The van der Waals surface area contributed by atoms with Crippen molar-refractivity contribution >= 4 is 11.6 Å². The van der Waals surface area contributed by atoms with E-state index in [2.05, 4.69) is 5.32 Å². The van der Waals surface area contributed by atoms with Crippen LogP contribution in [-0.4, -0.2) is 6.54 Å². The second-order valence-electron chi connectivity index (χ2n) is 4.53. The summed E-state index contributed by atoms with van der Waals surface area (Å²) in [6.45, 7) is 3.35. The fourth-order valence-electron chi connectivity index (χ4n) is 1.90. The highest BCUT2D eigenvalue weighted by Crippen LogP contribution is 2.25. The zero-order valence-corrected chi connectivity index (χ0v) is 12.4. The maximum atomic E-state index is 13.9. The van der Waals surface area contributed by atoms with Crippen LogP contribution in [0.5, 0.6) is 5.75 Å². The number of hydrogen-bond donors (Lipinski definition) is 1. The molecule has 0 fully saturated rings. The van der Waals surface area contributed by atoms with Gasteiger partial charge in [-0.3, -0.25) is 0 Å². The first-order valence-corrected chi connectivity index (χ1v) is 7.04. The predicted octanol–water partition coefficient (Wildman–Crippen LogP) is 4.31. The van der Waals surface area contributed by atoms with Gasteiger partial charge in [-0.25, -0.2) is 8.78 Å². The van der Waals surface area contributed by atoms with Gasteiger partial charge in [0.25, 0.3) is 0 Å². The minimum absolute atomic E-state index is 0.0825. The highest BCUT2D eigenvalue weighted by Gasteiger charge is 2.11. The van der Waals surface area contributed by atoms with Gasteiger partial charge in [0.1, 0.15) is 12.4 Å². The Hall–Kier alpha value is -1.65. The molecule has 1 N–H and O–H groups in total. The summed E-state index contributed by atoms with van der Waals surface area (Å²) < 4.78 is 32.4. The zero-order chi connectivity index (χ0) is 15.2. The van der Waals surface area contributed by atoms with E-state index in [0.717, 1.165) is 12.1 Å². The van der Waals surface area contributed by atoms with E-state index in [0.29, 0.717) is 12.1 Å². The molecule has 2 nitrogen and oxygen atoms in total. The number of nitrogens with one attached hydrogen (secondary N) is 1. The highest BCUT2D eigenvalue weighted by atomic mass is 35.5. The first kappa shape index (κ1) is 15.7. The lowest BCUT2D eigenvalue weighted by Gasteiger charge is -2.13. The van der Waals surface area contributed by atoms with Gasteiger partial charge in [-0.15, -0.1) is 0 Å². The van der Waals surface area contributed by atoms with E-state index in [4.69, 9.17) is 16.3 Å². The molecule has 0 heterocycles. The second kappa shape index (κ2) is 7.38. The second-order valence-corrected chi connectivity index (χ2v) is 4.94. The third-order valence-corrected chi connectivity index (χ3v) is 3.35. The molecule has 0 aromatic heterocycles. The first-order valence-electron chi connectivity index (χ1n) is 6.66. The molecule has 0 radical (unpaired) electrons. The lowest BCUT2D eigenvalue weighted by atomic mass is 10.2. The molecule has 21 heavy (non-hydrogen) atoms. The normalized spacial score (nSPS) is 10.7. The monoisotopic (exact) mass is 311 g/mol. The molecular formula is C16H16ClF2NO. The molecule has 2 rings (SSSR count). The lowest BCUT2D eigenvalue weighted by Crippen LogP contribution is -2.13. The maximum absolute atomic E-state index is 13.9. The average Bonchev–Trinajstić information content (AvgIpc) is 2.45. The number of ether oxygens (including phenoxy) is 1. The Balaban J connectivity index is 2.15.